The monoisotopic (exact) mass is 343 g/mol. The minimum Gasteiger partial charge on any atom is -0.337 e. The Kier molecular flexibility index (Phi) is 5.00. The van der Waals surface area contributed by atoms with Gasteiger partial charge in [0.05, 0.1) is 5.75 Å². The van der Waals surface area contributed by atoms with E-state index < -0.39 is 5.82 Å². The predicted octanol–water partition coefficient (Wildman–Crippen LogP) is 3.71. The number of halogens is 1. The van der Waals surface area contributed by atoms with Gasteiger partial charge in [-0.2, -0.15) is 0 Å². The van der Waals surface area contributed by atoms with Crippen molar-refractivity contribution in [2.75, 3.05) is 12.3 Å². The molecule has 0 aliphatic carbocycles. The Morgan fingerprint density at radius 3 is 2.62 bits per heavy atom. The first-order chi connectivity index (χ1) is 11.5. The van der Waals surface area contributed by atoms with Crippen molar-refractivity contribution in [1.29, 1.82) is 0 Å². The second-order valence-corrected chi connectivity index (χ2v) is 6.84. The quantitative estimate of drug-likeness (QED) is 0.627. The standard InChI is InChI=1S/C19H18FNO2S/c1-13(22)15-6-7-18(17(20)10-15)24-12-19(23)21-9-8-14-4-2-3-5-16(14)11-21/h2-7,10H,8-9,11-12H2,1H3. The van der Waals surface area contributed by atoms with Gasteiger partial charge in [0, 0.05) is 23.5 Å². The summed E-state index contributed by atoms with van der Waals surface area (Å²) in [5, 5.41) is 0. The zero-order chi connectivity index (χ0) is 17.1. The van der Waals surface area contributed by atoms with Crippen LogP contribution in [0.15, 0.2) is 47.4 Å². The lowest BCUT2D eigenvalue weighted by molar-refractivity contribution is -0.129. The Hall–Kier alpha value is -2.14. The molecule has 0 unspecified atom stereocenters. The smallest absolute Gasteiger partial charge is 0.233 e. The topological polar surface area (TPSA) is 37.4 Å². The number of thioether (sulfide) groups is 1. The maximum absolute atomic E-state index is 14.0. The van der Waals surface area contributed by atoms with Crippen LogP contribution in [-0.4, -0.2) is 28.9 Å². The van der Waals surface area contributed by atoms with E-state index in [-0.39, 0.29) is 17.4 Å². The van der Waals surface area contributed by atoms with E-state index in [1.807, 2.05) is 23.1 Å². The highest BCUT2D eigenvalue weighted by Gasteiger charge is 2.20. The zero-order valence-corrected chi connectivity index (χ0v) is 14.2. The number of benzene rings is 2. The summed E-state index contributed by atoms with van der Waals surface area (Å²) < 4.78 is 14.0. The van der Waals surface area contributed by atoms with Gasteiger partial charge in [0.25, 0.3) is 0 Å². The maximum Gasteiger partial charge on any atom is 0.233 e. The summed E-state index contributed by atoms with van der Waals surface area (Å²) in [6, 6.07) is 12.5. The van der Waals surface area contributed by atoms with Gasteiger partial charge in [-0.25, -0.2) is 4.39 Å². The summed E-state index contributed by atoms with van der Waals surface area (Å²) in [6.07, 6.45) is 0.855. The van der Waals surface area contributed by atoms with Crippen LogP contribution in [0, 0.1) is 5.82 Å². The first kappa shape index (κ1) is 16.7. The van der Waals surface area contributed by atoms with E-state index in [1.54, 1.807) is 12.1 Å². The van der Waals surface area contributed by atoms with Crippen molar-refractivity contribution in [3.8, 4) is 0 Å². The van der Waals surface area contributed by atoms with Crippen LogP contribution in [0.1, 0.15) is 28.4 Å². The molecule has 0 N–H and O–H groups in total. The molecule has 2 aromatic carbocycles. The molecule has 3 nitrogen and oxygen atoms in total. The van der Waals surface area contributed by atoms with Crippen LogP contribution in [0.2, 0.25) is 0 Å². The van der Waals surface area contributed by atoms with Crippen LogP contribution >= 0.6 is 11.8 Å². The molecule has 0 saturated heterocycles. The molecule has 5 heteroatoms. The molecule has 0 bridgehead atoms. The lowest BCUT2D eigenvalue weighted by Crippen LogP contribution is -2.37. The van der Waals surface area contributed by atoms with Crippen LogP contribution < -0.4 is 0 Å². The SMILES string of the molecule is CC(=O)c1ccc(SCC(=O)N2CCc3ccccc3C2)c(F)c1. The van der Waals surface area contributed by atoms with E-state index in [2.05, 4.69) is 6.07 Å². The van der Waals surface area contributed by atoms with Crippen molar-refractivity contribution in [2.24, 2.45) is 0 Å². The molecule has 0 radical (unpaired) electrons. The Morgan fingerprint density at radius 1 is 1.17 bits per heavy atom. The Balaban J connectivity index is 1.61. The minimum atomic E-state index is -0.454. The Bertz CT molecular complexity index is 791. The summed E-state index contributed by atoms with van der Waals surface area (Å²) in [5.41, 5.74) is 2.81. The van der Waals surface area contributed by atoms with Gasteiger partial charge in [-0.15, -0.1) is 11.8 Å². The molecule has 2 aromatic rings. The number of hydrogen-bond acceptors (Lipinski definition) is 3. The molecular formula is C19H18FNO2S. The number of nitrogens with zero attached hydrogens (tertiary/aromatic N) is 1. The van der Waals surface area contributed by atoms with Gasteiger partial charge in [-0.3, -0.25) is 9.59 Å². The third kappa shape index (κ3) is 3.67. The average Bonchev–Trinajstić information content (AvgIpc) is 2.59. The molecule has 1 aliphatic heterocycles. The highest BCUT2D eigenvalue weighted by atomic mass is 32.2. The highest BCUT2D eigenvalue weighted by molar-refractivity contribution is 8.00. The molecule has 124 valence electrons. The number of ketones is 1. The van der Waals surface area contributed by atoms with E-state index in [9.17, 15) is 14.0 Å². The average molecular weight is 343 g/mol. The number of fused-ring (bicyclic) bond motifs is 1. The van der Waals surface area contributed by atoms with Gasteiger partial charge in [-0.05, 0) is 36.6 Å². The normalized spacial score (nSPS) is 13.5. The van der Waals surface area contributed by atoms with E-state index >= 15 is 0 Å². The van der Waals surface area contributed by atoms with Gasteiger partial charge in [0.15, 0.2) is 5.78 Å². The minimum absolute atomic E-state index is 0.00421. The molecule has 1 heterocycles. The number of rotatable bonds is 4. The fraction of sp³-hybridized carbons (Fsp3) is 0.263. The second kappa shape index (κ2) is 7.18. The third-order valence-corrected chi connectivity index (χ3v) is 5.21. The molecule has 0 fully saturated rings. The number of carbonyl (C=O) groups excluding carboxylic acids is 2. The number of carbonyl (C=O) groups is 2. The van der Waals surface area contributed by atoms with Crippen LogP contribution in [0.5, 0.6) is 0 Å². The molecular weight excluding hydrogens is 325 g/mol. The molecule has 0 atom stereocenters. The molecule has 0 aromatic heterocycles. The van der Waals surface area contributed by atoms with Crippen molar-refractivity contribution in [1.82, 2.24) is 4.90 Å². The molecule has 24 heavy (non-hydrogen) atoms. The van der Waals surface area contributed by atoms with Gasteiger partial charge >= 0.3 is 0 Å². The third-order valence-electron chi connectivity index (χ3n) is 4.17. The van der Waals surface area contributed by atoms with Crippen LogP contribution in [-0.2, 0) is 17.8 Å². The summed E-state index contributed by atoms with van der Waals surface area (Å²) in [5.74, 6) is -0.430. The van der Waals surface area contributed by atoms with Crippen molar-refractivity contribution in [2.45, 2.75) is 24.8 Å². The first-order valence-corrected chi connectivity index (χ1v) is 8.81. The van der Waals surface area contributed by atoms with Crippen molar-refractivity contribution in [3.63, 3.8) is 0 Å². The Labute approximate surface area is 144 Å². The highest BCUT2D eigenvalue weighted by Crippen LogP contribution is 2.25. The lowest BCUT2D eigenvalue weighted by Gasteiger charge is -2.28. The molecule has 0 spiro atoms. The van der Waals surface area contributed by atoms with Gasteiger partial charge in [0.1, 0.15) is 5.82 Å². The fourth-order valence-corrected chi connectivity index (χ4v) is 3.60. The molecule has 1 aliphatic rings. The molecule has 0 saturated carbocycles. The van der Waals surface area contributed by atoms with Crippen molar-refractivity contribution in [3.05, 3.63) is 65.0 Å². The van der Waals surface area contributed by atoms with Crippen LogP contribution in [0.4, 0.5) is 4.39 Å². The van der Waals surface area contributed by atoms with Gasteiger partial charge in [0.2, 0.25) is 5.91 Å². The van der Waals surface area contributed by atoms with E-state index in [4.69, 9.17) is 0 Å². The number of Topliss-reactive ketones (excluding diaryl/α,β-unsaturated/α-hetero) is 1. The number of amides is 1. The van der Waals surface area contributed by atoms with Crippen molar-refractivity contribution < 1.29 is 14.0 Å². The zero-order valence-electron chi connectivity index (χ0n) is 13.4. The fourth-order valence-electron chi connectivity index (χ4n) is 2.78. The van der Waals surface area contributed by atoms with Crippen LogP contribution in [0.3, 0.4) is 0 Å². The molecule has 1 amide bonds. The lowest BCUT2D eigenvalue weighted by atomic mass is 10.00. The summed E-state index contributed by atoms with van der Waals surface area (Å²) >= 11 is 1.17. The maximum atomic E-state index is 14.0. The summed E-state index contributed by atoms with van der Waals surface area (Å²) in [4.78, 5) is 25.9. The summed E-state index contributed by atoms with van der Waals surface area (Å²) in [7, 11) is 0. The van der Waals surface area contributed by atoms with Crippen molar-refractivity contribution >= 4 is 23.5 Å². The van der Waals surface area contributed by atoms with Gasteiger partial charge < -0.3 is 4.90 Å². The summed E-state index contributed by atoms with van der Waals surface area (Å²) in [6.45, 7) is 2.71. The van der Waals surface area contributed by atoms with E-state index in [0.29, 0.717) is 23.5 Å². The Morgan fingerprint density at radius 2 is 1.92 bits per heavy atom. The second-order valence-electron chi connectivity index (χ2n) is 5.82. The van der Waals surface area contributed by atoms with Crippen LogP contribution in [0.25, 0.3) is 0 Å². The van der Waals surface area contributed by atoms with E-state index in [1.165, 1.54) is 35.9 Å². The van der Waals surface area contributed by atoms with E-state index in [0.717, 1.165) is 6.42 Å². The predicted molar refractivity (Wildman–Crippen MR) is 92.7 cm³/mol. The molecule has 3 rings (SSSR count). The first-order valence-electron chi connectivity index (χ1n) is 7.82. The largest absolute Gasteiger partial charge is 0.337 e. The van der Waals surface area contributed by atoms with Gasteiger partial charge in [-0.1, -0.05) is 30.3 Å². The number of hydrogen-bond donors (Lipinski definition) is 0.